The molecule has 0 bridgehead atoms. The maximum Gasteiger partial charge on any atom is 0.260 e. The van der Waals surface area contributed by atoms with Gasteiger partial charge in [0.2, 0.25) is 11.0 Å². The van der Waals surface area contributed by atoms with Crippen LogP contribution in [0.4, 0.5) is 10.9 Å². The number of carbonyl (C=O) groups excluding carboxylic acids is 2. The third kappa shape index (κ3) is 5.94. The van der Waals surface area contributed by atoms with Crippen molar-refractivity contribution in [3.05, 3.63) is 54.3 Å². The van der Waals surface area contributed by atoms with Crippen molar-refractivity contribution in [2.24, 2.45) is 0 Å². The van der Waals surface area contributed by atoms with Crippen LogP contribution >= 0.6 is 23.1 Å². The Morgan fingerprint density at radius 3 is 2.67 bits per heavy atom. The molecule has 1 aliphatic heterocycles. The second-order valence-corrected chi connectivity index (χ2v) is 10.4. The van der Waals surface area contributed by atoms with E-state index in [0.29, 0.717) is 47.8 Å². The van der Waals surface area contributed by atoms with Crippen molar-refractivity contribution in [3.63, 3.8) is 0 Å². The number of anilines is 2. The number of aryl methyl sites for hydroxylation is 1. The number of amides is 2. The van der Waals surface area contributed by atoms with Crippen molar-refractivity contribution in [2.75, 3.05) is 48.8 Å². The van der Waals surface area contributed by atoms with Crippen molar-refractivity contribution < 1.29 is 18.8 Å². The minimum atomic E-state index is -0.192. The first-order chi connectivity index (χ1) is 17.5. The lowest BCUT2D eigenvalue weighted by Crippen LogP contribution is -2.50. The molecule has 0 saturated carbocycles. The highest BCUT2D eigenvalue weighted by Crippen LogP contribution is 2.29. The summed E-state index contributed by atoms with van der Waals surface area (Å²) in [7, 11) is 0. The van der Waals surface area contributed by atoms with E-state index >= 15 is 0 Å². The van der Waals surface area contributed by atoms with Gasteiger partial charge in [-0.3, -0.25) is 9.59 Å². The zero-order valence-electron chi connectivity index (χ0n) is 19.5. The topological polar surface area (TPSA) is 114 Å². The summed E-state index contributed by atoms with van der Waals surface area (Å²) in [4.78, 5) is 28.7. The summed E-state index contributed by atoms with van der Waals surface area (Å²) in [5, 5.41) is 17.9. The number of benzene rings is 2. The van der Waals surface area contributed by atoms with Crippen molar-refractivity contribution in [1.29, 1.82) is 0 Å². The largest absolute Gasteiger partial charge is 0.484 e. The van der Waals surface area contributed by atoms with E-state index in [1.165, 1.54) is 23.1 Å². The van der Waals surface area contributed by atoms with Gasteiger partial charge in [0.25, 0.3) is 5.91 Å². The predicted molar refractivity (Wildman–Crippen MR) is 139 cm³/mol. The molecule has 5 rings (SSSR count). The standard InChI is InChI=1S/C24H24N6O4S2/c1-16-12-20(28-34-16)25-21(31)15-35-24-27-26-23(36-24)30-10-8-29(9-11-30)22(32)14-33-19-7-6-17-4-2-3-5-18(17)13-19/h2-7,12-13H,8-11,14-15H2,1H3,(H,25,28,31). The van der Waals surface area contributed by atoms with Gasteiger partial charge in [0, 0.05) is 32.2 Å². The van der Waals surface area contributed by atoms with Crippen LogP contribution in [0.15, 0.2) is 57.4 Å². The Bertz CT molecular complexity index is 1370. The van der Waals surface area contributed by atoms with Crippen molar-refractivity contribution in [2.45, 2.75) is 11.3 Å². The molecule has 1 N–H and O–H groups in total. The number of carbonyl (C=O) groups is 2. The maximum absolute atomic E-state index is 12.7. The second kappa shape index (κ2) is 11.0. The molecule has 0 unspecified atom stereocenters. The number of ether oxygens (including phenoxy) is 1. The lowest BCUT2D eigenvalue weighted by atomic mass is 10.1. The van der Waals surface area contributed by atoms with Gasteiger partial charge in [-0.05, 0) is 29.8 Å². The van der Waals surface area contributed by atoms with Crippen LogP contribution in [0.1, 0.15) is 5.76 Å². The fourth-order valence-corrected chi connectivity index (χ4v) is 5.45. The highest BCUT2D eigenvalue weighted by atomic mass is 32.2. The monoisotopic (exact) mass is 524 g/mol. The van der Waals surface area contributed by atoms with Crippen LogP contribution in [0.5, 0.6) is 5.75 Å². The normalized spacial score (nSPS) is 13.7. The van der Waals surface area contributed by atoms with Crippen molar-refractivity contribution in [1.82, 2.24) is 20.3 Å². The molecule has 1 saturated heterocycles. The molecular formula is C24H24N6O4S2. The summed E-state index contributed by atoms with van der Waals surface area (Å²) in [5.41, 5.74) is 0. The van der Waals surface area contributed by atoms with Gasteiger partial charge in [-0.15, -0.1) is 10.2 Å². The second-order valence-electron chi connectivity index (χ2n) is 8.18. The molecule has 1 fully saturated rings. The summed E-state index contributed by atoms with van der Waals surface area (Å²) in [5.74, 6) is 1.68. The molecular weight excluding hydrogens is 500 g/mol. The number of nitrogens with one attached hydrogen (secondary N) is 1. The lowest BCUT2D eigenvalue weighted by molar-refractivity contribution is -0.133. The molecule has 3 heterocycles. The smallest absolute Gasteiger partial charge is 0.260 e. The van der Waals surface area contributed by atoms with E-state index in [1.807, 2.05) is 47.4 Å². The lowest BCUT2D eigenvalue weighted by Gasteiger charge is -2.34. The first kappa shape index (κ1) is 24.1. The SMILES string of the molecule is Cc1cc(NC(=O)CSc2nnc(N3CCN(C(=O)COc4ccc5ccccc5c4)CC3)s2)no1. The Labute approximate surface area is 215 Å². The summed E-state index contributed by atoms with van der Waals surface area (Å²) in [6, 6.07) is 15.5. The predicted octanol–water partition coefficient (Wildman–Crippen LogP) is 3.45. The molecule has 2 amide bonds. The number of piperazine rings is 1. The highest BCUT2D eigenvalue weighted by molar-refractivity contribution is 8.01. The molecule has 12 heteroatoms. The van der Waals surface area contributed by atoms with Crippen LogP contribution in [0.3, 0.4) is 0 Å². The molecule has 10 nitrogen and oxygen atoms in total. The fraction of sp³-hybridized carbons (Fsp3) is 0.292. The molecule has 0 atom stereocenters. The van der Waals surface area contributed by atoms with Gasteiger partial charge in [0.1, 0.15) is 11.5 Å². The van der Waals surface area contributed by atoms with E-state index in [-0.39, 0.29) is 24.2 Å². The van der Waals surface area contributed by atoms with Gasteiger partial charge in [-0.25, -0.2) is 0 Å². The van der Waals surface area contributed by atoms with Crippen LogP contribution in [-0.2, 0) is 9.59 Å². The molecule has 2 aromatic carbocycles. The van der Waals surface area contributed by atoms with E-state index in [0.717, 1.165) is 15.9 Å². The van der Waals surface area contributed by atoms with Crippen LogP contribution < -0.4 is 15.0 Å². The third-order valence-corrected chi connectivity index (χ3v) is 7.72. The number of nitrogens with zero attached hydrogens (tertiary/aromatic N) is 5. The van der Waals surface area contributed by atoms with E-state index in [4.69, 9.17) is 9.26 Å². The Morgan fingerprint density at radius 1 is 1.08 bits per heavy atom. The minimum Gasteiger partial charge on any atom is -0.484 e. The Morgan fingerprint density at radius 2 is 1.89 bits per heavy atom. The van der Waals surface area contributed by atoms with Crippen molar-refractivity contribution >= 4 is 56.6 Å². The quantitative estimate of drug-likeness (QED) is 0.346. The maximum atomic E-state index is 12.7. The Balaban J connectivity index is 1.06. The average molecular weight is 525 g/mol. The summed E-state index contributed by atoms with van der Waals surface area (Å²) in [6.07, 6.45) is 0. The molecule has 0 spiro atoms. The Kier molecular flexibility index (Phi) is 7.33. The summed E-state index contributed by atoms with van der Waals surface area (Å²) >= 11 is 2.75. The van der Waals surface area contributed by atoms with E-state index in [9.17, 15) is 9.59 Å². The van der Waals surface area contributed by atoms with Gasteiger partial charge in [0.15, 0.2) is 16.8 Å². The zero-order valence-corrected chi connectivity index (χ0v) is 21.2. The first-order valence-electron chi connectivity index (χ1n) is 11.4. The number of hydrogen-bond acceptors (Lipinski definition) is 10. The van der Waals surface area contributed by atoms with Crippen LogP contribution in [0.2, 0.25) is 0 Å². The molecule has 2 aromatic heterocycles. The van der Waals surface area contributed by atoms with Gasteiger partial charge in [0.05, 0.1) is 5.75 Å². The highest BCUT2D eigenvalue weighted by Gasteiger charge is 2.24. The molecule has 0 radical (unpaired) electrons. The summed E-state index contributed by atoms with van der Waals surface area (Å²) < 4.78 is 11.4. The van der Waals surface area contributed by atoms with Gasteiger partial charge >= 0.3 is 0 Å². The van der Waals surface area contributed by atoms with Crippen LogP contribution in [0, 0.1) is 6.92 Å². The minimum absolute atomic E-state index is 0.00784. The average Bonchev–Trinajstić information content (AvgIpc) is 3.55. The molecule has 186 valence electrons. The molecule has 1 aliphatic rings. The van der Waals surface area contributed by atoms with Gasteiger partial charge in [-0.1, -0.05) is 58.6 Å². The number of thioether (sulfide) groups is 1. The molecule has 0 aliphatic carbocycles. The van der Waals surface area contributed by atoms with E-state index in [2.05, 4.69) is 25.6 Å². The number of fused-ring (bicyclic) bond motifs is 1. The van der Waals surface area contributed by atoms with Gasteiger partial charge < -0.3 is 24.4 Å². The fourth-order valence-electron chi connectivity index (χ4n) is 3.76. The van der Waals surface area contributed by atoms with E-state index < -0.39 is 0 Å². The third-order valence-electron chi connectivity index (χ3n) is 5.60. The van der Waals surface area contributed by atoms with E-state index in [1.54, 1.807) is 13.0 Å². The number of aromatic nitrogens is 3. The Hall–Kier alpha value is -3.64. The zero-order chi connectivity index (χ0) is 24.9. The van der Waals surface area contributed by atoms with Crippen LogP contribution in [0.25, 0.3) is 10.8 Å². The number of hydrogen-bond donors (Lipinski definition) is 1. The molecule has 4 aromatic rings. The molecule has 36 heavy (non-hydrogen) atoms. The van der Waals surface area contributed by atoms with Crippen LogP contribution in [-0.4, -0.2) is 70.6 Å². The number of rotatable bonds is 8. The van der Waals surface area contributed by atoms with Gasteiger partial charge in [-0.2, -0.15) is 0 Å². The summed E-state index contributed by atoms with van der Waals surface area (Å²) in [6.45, 7) is 4.26. The van der Waals surface area contributed by atoms with Crippen molar-refractivity contribution in [3.8, 4) is 5.75 Å². The first-order valence-corrected chi connectivity index (χ1v) is 13.2.